The molecule has 0 unspecified atom stereocenters. The minimum absolute atomic E-state index is 0.0655. The van der Waals surface area contributed by atoms with Crippen LogP contribution in [0.3, 0.4) is 0 Å². The summed E-state index contributed by atoms with van der Waals surface area (Å²) >= 11 is 0. The van der Waals surface area contributed by atoms with Gasteiger partial charge in [0, 0.05) is 37.8 Å². The van der Waals surface area contributed by atoms with Gasteiger partial charge < -0.3 is 14.6 Å². The van der Waals surface area contributed by atoms with E-state index >= 15 is 0 Å². The van der Waals surface area contributed by atoms with Crippen LogP contribution in [-0.4, -0.2) is 58.0 Å². The predicted molar refractivity (Wildman–Crippen MR) is 115 cm³/mol. The number of amides is 1. The maximum Gasteiger partial charge on any atom is 0.326 e. The Labute approximate surface area is 174 Å². The van der Waals surface area contributed by atoms with Crippen molar-refractivity contribution in [3.63, 3.8) is 0 Å². The Morgan fingerprint density at radius 2 is 1.80 bits per heavy atom. The first-order chi connectivity index (χ1) is 14.7. The highest BCUT2D eigenvalue weighted by Crippen LogP contribution is 2.26. The highest BCUT2D eigenvalue weighted by atomic mass is 16.5. The van der Waals surface area contributed by atoms with E-state index in [0.717, 1.165) is 48.3 Å². The number of ether oxygens (including phenoxy) is 1. The van der Waals surface area contributed by atoms with E-state index in [9.17, 15) is 9.59 Å². The zero-order valence-electron chi connectivity index (χ0n) is 16.9. The van der Waals surface area contributed by atoms with Gasteiger partial charge in [-0.25, -0.2) is 4.79 Å². The molecule has 0 spiro atoms. The van der Waals surface area contributed by atoms with E-state index < -0.39 is 0 Å². The van der Waals surface area contributed by atoms with Gasteiger partial charge in [0.1, 0.15) is 12.4 Å². The van der Waals surface area contributed by atoms with Crippen molar-refractivity contribution in [2.24, 2.45) is 0 Å². The first-order valence-electron chi connectivity index (χ1n) is 10.6. The fraction of sp³-hybridized carbons (Fsp3) is 0.391. The zero-order chi connectivity index (χ0) is 20.5. The average Bonchev–Trinajstić information content (AvgIpc) is 2.96. The molecule has 3 heterocycles. The van der Waals surface area contributed by atoms with Gasteiger partial charge in [0.15, 0.2) is 0 Å². The number of likely N-dealkylation sites (tertiary alicyclic amines) is 1. The Bertz CT molecular complexity index is 1110. The lowest BCUT2D eigenvalue weighted by Crippen LogP contribution is -2.45. The summed E-state index contributed by atoms with van der Waals surface area (Å²) in [4.78, 5) is 32.4. The van der Waals surface area contributed by atoms with Gasteiger partial charge in [-0.05, 0) is 31.0 Å². The van der Waals surface area contributed by atoms with Crippen LogP contribution in [0.25, 0.3) is 11.0 Å². The molecule has 0 radical (unpaired) electrons. The number of hydrogen-bond donors (Lipinski definition) is 1. The molecular weight excluding hydrogens is 380 g/mol. The number of imidazole rings is 1. The normalized spacial score (nSPS) is 18.1. The maximum atomic E-state index is 12.9. The Kier molecular flexibility index (Phi) is 5.04. The van der Waals surface area contributed by atoms with Crippen molar-refractivity contribution in [3.8, 4) is 5.75 Å². The summed E-state index contributed by atoms with van der Waals surface area (Å²) in [6.45, 7) is 3.81. The van der Waals surface area contributed by atoms with E-state index in [1.807, 2.05) is 51.9 Å². The van der Waals surface area contributed by atoms with Gasteiger partial charge in [-0.15, -0.1) is 0 Å². The van der Waals surface area contributed by atoms with Crippen molar-refractivity contribution in [1.82, 2.24) is 19.4 Å². The standard InChI is InChI=1S/C23H26N4O3/c28-22(16-25-13-14-30-21-8-4-1-5-17(21)15-25)26-11-9-18(10-12-26)27-20-7-3-2-6-19(20)24-23(27)29/h1-8,18H,9-16H2,(H,24,29). The lowest BCUT2D eigenvalue weighted by molar-refractivity contribution is -0.133. The number of rotatable bonds is 3. The quantitative estimate of drug-likeness (QED) is 0.725. The summed E-state index contributed by atoms with van der Waals surface area (Å²) in [6.07, 6.45) is 1.58. The molecular formula is C23H26N4O3. The molecule has 1 fully saturated rings. The first-order valence-corrected chi connectivity index (χ1v) is 10.6. The number of nitrogens with one attached hydrogen (secondary N) is 1. The molecule has 30 heavy (non-hydrogen) atoms. The van der Waals surface area contributed by atoms with Crippen LogP contribution in [-0.2, 0) is 11.3 Å². The van der Waals surface area contributed by atoms with E-state index in [-0.39, 0.29) is 17.6 Å². The summed E-state index contributed by atoms with van der Waals surface area (Å²) < 4.78 is 7.67. The van der Waals surface area contributed by atoms with Gasteiger partial charge in [0.2, 0.25) is 5.91 Å². The van der Waals surface area contributed by atoms with Gasteiger partial charge >= 0.3 is 5.69 Å². The van der Waals surface area contributed by atoms with Crippen molar-refractivity contribution < 1.29 is 9.53 Å². The first kappa shape index (κ1) is 18.9. The van der Waals surface area contributed by atoms with Gasteiger partial charge in [-0.3, -0.25) is 14.3 Å². The summed E-state index contributed by atoms with van der Waals surface area (Å²) in [5, 5.41) is 0. The van der Waals surface area contributed by atoms with Crippen LogP contribution in [0, 0.1) is 0 Å². The van der Waals surface area contributed by atoms with Crippen LogP contribution in [0.2, 0.25) is 0 Å². The van der Waals surface area contributed by atoms with Crippen molar-refractivity contribution in [3.05, 3.63) is 64.6 Å². The molecule has 0 bridgehead atoms. The fourth-order valence-electron chi connectivity index (χ4n) is 4.62. The van der Waals surface area contributed by atoms with Gasteiger partial charge in [0.05, 0.1) is 17.6 Å². The number of aromatic amines is 1. The average molecular weight is 406 g/mol. The number of carbonyl (C=O) groups excluding carboxylic acids is 1. The minimum atomic E-state index is -0.0655. The number of carbonyl (C=O) groups is 1. The second-order valence-corrected chi connectivity index (χ2v) is 8.10. The van der Waals surface area contributed by atoms with E-state index in [4.69, 9.17) is 4.74 Å². The van der Waals surface area contributed by atoms with Gasteiger partial charge in [-0.2, -0.15) is 0 Å². The van der Waals surface area contributed by atoms with Crippen LogP contribution < -0.4 is 10.4 Å². The van der Waals surface area contributed by atoms with E-state index in [1.54, 1.807) is 0 Å². The molecule has 2 aromatic carbocycles. The Morgan fingerprint density at radius 3 is 2.67 bits per heavy atom. The van der Waals surface area contributed by atoms with Gasteiger partial charge in [0.25, 0.3) is 0 Å². The summed E-state index contributed by atoms with van der Waals surface area (Å²) in [6, 6.07) is 15.9. The molecule has 0 aliphatic carbocycles. The minimum Gasteiger partial charge on any atom is -0.492 e. The molecule has 7 heteroatoms. The zero-order valence-corrected chi connectivity index (χ0v) is 16.9. The van der Waals surface area contributed by atoms with E-state index in [2.05, 4.69) is 16.0 Å². The topological polar surface area (TPSA) is 70.6 Å². The van der Waals surface area contributed by atoms with Crippen molar-refractivity contribution in [1.29, 1.82) is 0 Å². The number of aromatic nitrogens is 2. The van der Waals surface area contributed by atoms with Crippen LogP contribution in [0.5, 0.6) is 5.75 Å². The number of H-pyrrole nitrogens is 1. The fourth-order valence-corrected chi connectivity index (χ4v) is 4.62. The van der Waals surface area contributed by atoms with Crippen molar-refractivity contribution in [2.75, 3.05) is 32.8 Å². The number of nitrogens with zero attached hydrogens (tertiary/aromatic N) is 3. The third kappa shape index (κ3) is 3.61. The third-order valence-corrected chi connectivity index (χ3v) is 6.20. The second-order valence-electron chi connectivity index (χ2n) is 8.10. The number of benzene rings is 2. The lowest BCUT2D eigenvalue weighted by atomic mass is 10.0. The summed E-state index contributed by atoms with van der Waals surface area (Å²) in [5.74, 6) is 1.07. The molecule has 5 rings (SSSR count). The van der Waals surface area contributed by atoms with Crippen LogP contribution in [0.1, 0.15) is 24.4 Å². The smallest absolute Gasteiger partial charge is 0.326 e. The van der Waals surface area contributed by atoms with Crippen LogP contribution in [0.15, 0.2) is 53.3 Å². The highest BCUT2D eigenvalue weighted by molar-refractivity contribution is 5.78. The molecule has 1 amide bonds. The summed E-state index contributed by atoms with van der Waals surface area (Å²) in [7, 11) is 0. The molecule has 1 aromatic heterocycles. The number of para-hydroxylation sites is 3. The molecule has 2 aliphatic rings. The number of hydrogen-bond acceptors (Lipinski definition) is 4. The Balaban J connectivity index is 1.22. The molecule has 0 atom stereocenters. The molecule has 1 saturated heterocycles. The van der Waals surface area contributed by atoms with Gasteiger partial charge in [-0.1, -0.05) is 30.3 Å². The van der Waals surface area contributed by atoms with Crippen LogP contribution >= 0.6 is 0 Å². The van der Waals surface area contributed by atoms with Crippen molar-refractivity contribution in [2.45, 2.75) is 25.4 Å². The molecule has 2 aliphatic heterocycles. The monoisotopic (exact) mass is 406 g/mol. The second kappa shape index (κ2) is 7.99. The highest BCUT2D eigenvalue weighted by Gasteiger charge is 2.27. The SMILES string of the molecule is O=C(CN1CCOc2ccccc2C1)N1CCC(n2c(=O)[nH]c3ccccc32)CC1. The van der Waals surface area contributed by atoms with E-state index in [0.29, 0.717) is 26.2 Å². The molecule has 0 saturated carbocycles. The Morgan fingerprint density at radius 1 is 1.03 bits per heavy atom. The molecule has 7 nitrogen and oxygen atoms in total. The predicted octanol–water partition coefficient (Wildman–Crippen LogP) is 2.39. The lowest BCUT2D eigenvalue weighted by Gasteiger charge is -2.33. The van der Waals surface area contributed by atoms with Crippen LogP contribution in [0.4, 0.5) is 0 Å². The Hall–Kier alpha value is -3.06. The molecule has 3 aromatic rings. The molecule has 1 N–H and O–H groups in total. The van der Waals surface area contributed by atoms with Crippen molar-refractivity contribution >= 4 is 16.9 Å². The summed E-state index contributed by atoms with van der Waals surface area (Å²) in [5.41, 5.74) is 2.87. The number of piperidine rings is 1. The largest absolute Gasteiger partial charge is 0.492 e. The maximum absolute atomic E-state index is 12.9. The molecule has 156 valence electrons. The number of fused-ring (bicyclic) bond motifs is 2. The van der Waals surface area contributed by atoms with E-state index in [1.165, 1.54) is 0 Å². The third-order valence-electron chi connectivity index (χ3n) is 6.20.